The first-order chi connectivity index (χ1) is 10.00. The fraction of sp³-hybridized carbons (Fsp3) is 0.588. The fourth-order valence-corrected chi connectivity index (χ4v) is 3.97. The maximum Gasteiger partial charge on any atom is 0.253 e. The Morgan fingerprint density at radius 2 is 2.10 bits per heavy atom. The third kappa shape index (κ3) is 2.69. The number of aliphatic hydroxyl groups is 1. The minimum atomic E-state index is -0.369. The molecule has 0 radical (unpaired) electrons. The highest BCUT2D eigenvalue weighted by Crippen LogP contribution is 2.45. The second-order valence-corrected chi connectivity index (χ2v) is 6.62. The Kier molecular flexibility index (Phi) is 3.74. The SMILES string of the molecule is Cc1cc(F)cc(C(=O)N2CCC[C@@]3(CCC[C@H]3O)C2)c1. The molecule has 1 aliphatic heterocycles. The lowest BCUT2D eigenvalue weighted by Gasteiger charge is -2.42. The number of piperidine rings is 1. The minimum Gasteiger partial charge on any atom is -0.392 e. The molecule has 114 valence electrons. The molecular weight excluding hydrogens is 269 g/mol. The van der Waals surface area contributed by atoms with Gasteiger partial charge in [0.25, 0.3) is 5.91 Å². The monoisotopic (exact) mass is 291 g/mol. The van der Waals surface area contributed by atoms with E-state index < -0.39 is 0 Å². The third-order valence-electron chi connectivity index (χ3n) is 5.04. The zero-order valence-electron chi connectivity index (χ0n) is 12.4. The van der Waals surface area contributed by atoms with Gasteiger partial charge in [-0.05, 0) is 56.4 Å². The summed E-state index contributed by atoms with van der Waals surface area (Å²) in [5, 5.41) is 10.3. The second kappa shape index (κ2) is 5.41. The van der Waals surface area contributed by atoms with Gasteiger partial charge in [0.15, 0.2) is 0 Å². The topological polar surface area (TPSA) is 40.5 Å². The molecule has 0 aromatic heterocycles. The number of carbonyl (C=O) groups excluding carboxylic acids is 1. The van der Waals surface area contributed by atoms with E-state index in [2.05, 4.69) is 0 Å². The predicted molar refractivity (Wildman–Crippen MR) is 78.6 cm³/mol. The van der Waals surface area contributed by atoms with E-state index in [-0.39, 0.29) is 23.2 Å². The summed E-state index contributed by atoms with van der Waals surface area (Å²) in [5.41, 5.74) is 1.04. The van der Waals surface area contributed by atoms with Crippen LogP contribution in [-0.2, 0) is 0 Å². The van der Waals surface area contributed by atoms with Gasteiger partial charge in [-0.15, -0.1) is 0 Å². The number of nitrogens with zero attached hydrogens (tertiary/aromatic N) is 1. The molecule has 3 nitrogen and oxygen atoms in total. The zero-order valence-corrected chi connectivity index (χ0v) is 12.4. The molecular formula is C17H22FNO2. The summed E-state index contributed by atoms with van der Waals surface area (Å²) in [6.45, 7) is 3.09. The Balaban J connectivity index is 1.81. The number of benzene rings is 1. The van der Waals surface area contributed by atoms with Gasteiger partial charge in [0.2, 0.25) is 0 Å². The third-order valence-corrected chi connectivity index (χ3v) is 5.04. The molecule has 0 unspecified atom stereocenters. The van der Waals surface area contributed by atoms with Crippen molar-refractivity contribution in [3.63, 3.8) is 0 Å². The summed E-state index contributed by atoms with van der Waals surface area (Å²) in [5.74, 6) is -0.484. The number of hydrogen-bond acceptors (Lipinski definition) is 2. The Hall–Kier alpha value is -1.42. The summed E-state index contributed by atoms with van der Waals surface area (Å²) >= 11 is 0. The van der Waals surface area contributed by atoms with Crippen LogP contribution in [0.1, 0.15) is 48.0 Å². The highest BCUT2D eigenvalue weighted by Gasteiger charge is 2.45. The molecule has 1 N–H and O–H groups in total. The molecule has 21 heavy (non-hydrogen) atoms. The normalized spacial score (nSPS) is 29.1. The Morgan fingerprint density at radius 3 is 2.76 bits per heavy atom. The van der Waals surface area contributed by atoms with Crippen LogP contribution in [0.4, 0.5) is 4.39 Å². The molecule has 4 heteroatoms. The Labute approximate surface area is 124 Å². The summed E-state index contributed by atoms with van der Waals surface area (Å²) in [6.07, 6.45) is 4.45. The van der Waals surface area contributed by atoms with Crippen LogP contribution in [0.25, 0.3) is 0 Å². The van der Waals surface area contributed by atoms with Crippen molar-refractivity contribution in [2.75, 3.05) is 13.1 Å². The molecule has 1 amide bonds. The average molecular weight is 291 g/mol. The average Bonchev–Trinajstić information content (AvgIpc) is 2.78. The molecule has 3 rings (SSSR count). The Morgan fingerprint density at radius 1 is 1.33 bits per heavy atom. The molecule has 2 atom stereocenters. The van der Waals surface area contributed by atoms with Crippen molar-refractivity contribution in [3.05, 3.63) is 35.1 Å². The summed E-state index contributed by atoms with van der Waals surface area (Å²) < 4.78 is 13.5. The number of amides is 1. The number of likely N-dealkylation sites (tertiary alicyclic amines) is 1. The molecule has 0 bridgehead atoms. The van der Waals surface area contributed by atoms with Crippen molar-refractivity contribution in [3.8, 4) is 0 Å². The number of rotatable bonds is 1. The first kappa shape index (κ1) is 14.5. The molecule has 1 saturated carbocycles. The lowest BCUT2D eigenvalue weighted by molar-refractivity contribution is -0.00537. The number of aryl methyl sites for hydroxylation is 1. The largest absolute Gasteiger partial charge is 0.392 e. The molecule has 1 spiro atoms. The molecule has 2 aliphatic rings. The predicted octanol–water partition coefficient (Wildman–Crippen LogP) is 2.90. The van der Waals surface area contributed by atoms with E-state index in [0.29, 0.717) is 18.7 Å². The Bertz CT molecular complexity index is 539. The van der Waals surface area contributed by atoms with Gasteiger partial charge in [0, 0.05) is 24.1 Å². The van der Waals surface area contributed by atoms with E-state index in [4.69, 9.17) is 0 Å². The van der Waals surface area contributed by atoms with Crippen molar-refractivity contribution in [2.45, 2.75) is 45.1 Å². The molecule has 1 heterocycles. The van der Waals surface area contributed by atoms with Crippen LogP contribution >= 0.6 is 0 Å². The van der Waals surface area contributed by atoms with Crippen molar-refractivity contribution < 1.29 is 14.3 Å². The van der Waals surface area contributed by atoms with E-state index in [0.717, 1.165) is 37.7 Å². The van der Waals surface area contributed by atoms with Gasteiger partial charge in [-0.1, -0.05) is 6.42 Å². The highest BCUT2D eigenvalue weighted by molar-refractivity contribution is 5.94. The molecule has 1 aromatic carbocycles. The van der Waals surface area contributed by atoms with Crippen LogP contribution in [0.15, 0.2) is 18.2 Å². The maximum absolute atomic E-state index is 13.5. The van der Waals surface area contributed by atoms with Crippen molar-refractivity contribution in [2.24, 2.45) is 5.41 Å². The van der Waals surface area contributed by atoms with Crippen LogP contribution in [-0.4, -0.2) is 35.1 Å². The van der Waals surface area contributed by atoms with Crippen LogP contribution in [0, 0.1) is 18.2 Å². The summed E-state index contributed by atoms with van der Waals surface area (Å²) in [7, 11) is 0. The molecule has 1 aromatic rings. The smallest absolute Gasteiger partial charge is 0.253 e. The highest BCUT2D eigenvalue weighted by atomic mass is 19.1. The van der Waals surface area contributed by atoms with Gasteiger partial charge < -0.3 is 10.0 Å². The van der Waals surface area contributed by atoms with Gasteiger partial charge in [0.05, 0.1) is 6.10 Å². The van der Waals surface area contributed by atoms with E-state index in [9.17, 15) is 14.3 Å². The fourth-order valence-electron chi connectivity index (χ4n) is 3.97. The van der Waals surface area contributed by atoms with Crippen molar-refractivity contribution in [1.29, 1.82) is 0 Å². The van der Waals surface area contributed by atoms with Gasteiger partial charge in [-0.3, -0.25) is 4.79 Å². The first-order valence-corrected chi connectivity index (χ1v) is 7.75. The maximum atomic E-state index is 13.5. The van der Waals surface area contributed by atoms with Crippen LogP contribution in [0.2, 0.25) is 0 Å². The summed E-state index contributed by atoms with van der Waals surface area (Å²) in [4.78, 5) is 14.4. The number of carbonyl (C=O) groups is 1. The van der Waals surface area contributed by atoms with Gasteiger partial charge >= 0.3 is 0 Å². The minimum absolute atomic E-state index is 0.115. The van der Waals surface area contributed by atoms with E-state index >= 15 is 0 Å². The van der Waals surface area contributed by atoms with Gasteiger partial charge in [-0.2, -0.15) is 0 Å². The van der Waals surface area contributed by atoms with Gasteiger partial charge in [-0.25, -0.2) is 4.39 Å². The molecule has 2 fully saturated rings. The van der Waals surface area contributed by atoms with Crippen molar-refractivity contribution >= 4 is 5.91 Å². The lowest BCUT2D eigenvalue weighted by Crippen LogP contribution is -2.49. The van der Waals surface area contributed by atoms with Crippen LogP contribution in [0.3, 0.4) is 0 Å². The number of aliphatic hydroxyl groups excluding tert-OH is 1. The molecule has 1 aliphatic carbocycles. The van der Waals surface area contributed by atoms with Crippen LogP contribution < -0.4 is 0 Å². The number of hydrogen-bond donors (Lipinski definition) is 1. The summed E-state index contributed by atoms with van der Waals surface area (Å²) in [6, 6.07) is 4.47. The van der Waals surface area contributed by atoms with Crippen molar-refractivity contribution in [1.82, 2.24) is 4.90 Å². The standard InChI is InChI=1S/C17H22FNO2/c1-12-8-13(10-14(18)9-12)16(21)19-7-3-6-17(11-19)5-2-4-15(17)20/h8-10,15,20H,2-7,11H2,1H3/t15-,17+/m1/s1. The lowest BCUT2D eigenvalue weighted by atomic mass is 9.76. The zero-order chi connectivity index (χ0) is 15.0. The van der Waals surface area contributed by atoms with E-state index in [1.54, 1.807) is 17.9 Å². The van der Waals surface area contributed by atoms with E-state index in [1.807, 2.05) is 0 Å². The second-order valence-electron chi connectivity index (χ2n) is 6.62. The molecule has 1 saturated heterocycles. The van der Waals surface area contributed by atoms with Gasteiger partial charge in [0.1, 0.15) is 5.82 Å². The van der Waals surface area contributed by atoms with E-state index in [1.165, 1.54) is 12.1 Å². The first-order valence-electron chi connectivity index (χ1n) is 7.75. The number of halogens is 1. The quantitative estimate of drug-likeness (QED) is 0.864. The van der Waals surface area contributed by atoms with Crippen LogP contribution in [0.5, 0.6) is 0 Å².